The van der Waals surface area contributed by atoms with Crippen molar-refractivity contribution in [2.45, 2.75) is 65.0 Å². The number of anilines is 2. The maximum absolute atomic E-state index is 13.4. The number of nitrogens with zero attached hydrogens (tertiary/aromatic N) is 7. The smallest absolute Gasteiger partial charge is 0.306 e. The van der Waals surface area contributed by atoms with Gasteiger partial charge in [0.05, 0.1) is 45.0 Å². The fourth-order valence-electron chi connectivity index (χ4n) is 7.57. The summed E-state index contributed by atoms with van der Waals surface area (Å²) in [5.74, 6) is 0.115. The number of amides is 1. The van der Waals surface area contributed by atoms with E-state index in [4.69, 9.17) is 21.7 Å². The van der Waals surface area contributed by atoms with Crippen molar-refractivity contribution in [2.24, 2.45) is 20.0 Å². The van der Waals surface area contributed by atoms with Gasteiger partial charge in [-0.3, -0.25) is 14.5 Å². The number of likely N-dealkylation sites (N-methyl/N-ethyl adjacent to an activating group) is 2. The Bertz CT molecular complexity index is 2070. The fraction of sp³-hybridized carbons (Fsp3) is 0.425. The standard InChI is InChI=1S/C33H36ClN9O.C7H12O2/c1-6-43-16-14-29-27(19-43)37-31(41(29)4)20(2)36-24-11-7-9-21(23(24)17-35)22-10-8-12-25(30(22)34)39-33(44)32-38-26-18-40(3)15-13-28(26)42(32)5;8-7(9)6-4-2-1-3-5-6/h7-12,36H,2,6,13-16,18-19H2,1,3-5H3,(H,39,44);6H,1-5H2,(H,8,9). The van der Waals surface area contributed by atoms with Crippen LogP contribution in [0.4, 0.5) is 11.4 Å². The van der Waals surface area contributed by atoms with Gasteiger partial charge in [0.1, 0.15) is 6.07 Å². The van der Waals surface area contributed by atoms with Gasteiger partial charge in [-0.05, 0) is 38.6 Å². The van der Waals surface area contributed by atoms with E-state index in [1.54, 1.807) is 6.07 Å². The molecule has 3 aliphatic rings. The molecule has 1 fully saturated rings. The normalized spacial score (nSPS) is 16.1. The van der Waals surface area contributed by atoms with Gasteiger partial charge in [-0.1, -0.05) is 68.6 Å². The van der Waals surface area contributed by atoms with E-state index in [0.29, 0.717) is 51.2 Å². The Morgan fingerprint density at radius 2 is 1.53 bits per heavy atom. The van der Waals surface area contributed by atoms with Crippen LogP contribution in [0.3, 0.4) is 0 Å². The first-order valence-electron chi connectivity index (χ1n) is 18.3. The van der Waals surface area contributed by atoms with E-state index in [2.05, 4.69) is 49.6 Å². The van der Waals surface area contributed by atoms with E-state index in [0.717, 1.165) is 87.6 Å². The van der Waals surface area contributed by atoms with Gasteiger partial charge in [0.15, 0.2) is 11.6 Å². The predicted molar refractivity (Wildman–Crippen MR) is 208 cm³/mol. The zero-order valence-corrected chi connectivity index (χ0v) is 31.8. The molecule has 0 saturated heterocycles. The highest BCUT2D eigenvalue weighted by Gasteiger charge is 2.26. The number of fused-ring (bicyclic) bond motifs is 2. The van der Waals surface area contributed by atoms with Crippen LogP contribution in [-0.2, 0) is 44.8 Å². The van der Waals surface area contributed by atoms with Gasteiger partial charge in [-0.15, -0.1) is 0 Å². The molecule has 7 rings (SSSR count). The highest BCUT2D eigenvalue weighted by Crippen LogP contribution is 2.38. The van der Waals surface area contributed by atoms with Crippen LogP contribution in [0.25, 0.3) is 16.8 Å². The fourth-order valence-corrected chi connectivity index (χ4v) is 7.84. The molecule has 0 bridgehead atoms. The molecule has 0 unspecified atom stereocenters. The lowest BCUT2D eigenvalue weighted by atomic mass is 9.90. The first-order chi connectivity index (χ1) is 25.5. The molecule has 12 nitrogen and oxygen atoms in total. The second-order valence-corrected chi connectivity index (χ2v) is 14.5. The summed E-state index contributed by atoms with van der Waals surface area (Å²) < 4.78 is 3.95. The van der Waals surface area contributed by atoms with Crippen LogP contribution in [0.2, 0.25) is 5.02 Å². The Morgan fingerprint density at radius 1 is 0.906 bits per heavy atom. The van der Waals surface area contributed by atoms with E-state index >= 15 is 0 Å². The largest absolute Gasteiger partial charge is 0.481 e. The minimum absolute atomic E-state index is 0.0289. The minimum Gasteiger partial charge on any atom is -0.481 e. The molecule has 0 spiro atoms. The SMILES string of the molecule is C=C(Nc1cccc(-c2cccc(NC(=O)c3nc4c(n3C)CCN(C)C4)c2Cl)c1C#N)c1nc2c(n1C)CCN(CC)C2.O=C(O)C1CCCCC1. The average molecular weight is 738 g/mol. The summed E-state index contributed by atoms with van der Waals surface area (Å²) in [6.07, 6.45) is 7.01. The highest BCUT2D eigenvalue weighted by atomic mass is 35.5. The number of carbonyl (C=O) groups excluding carboxylic acids is 1. The summed E-state index contributed by atoms with van der Waals surface area (Å²) in [5.41, 5.74) is 7.60. The quantitative estimate of drug-likeness (QED) is 0.180. The number of nitriles is 1. The van der Waals surface area contributed by atoms with Crippen molar-refractivity contribution in [1.29, 1.82) is 5.26 Å². The average Bonchev–Trinajstić information content (AvgIpc) is 3.67. The topological polar surface area (TPSA) is 144 Å². The molecular weight excluding hydrogens is 690 g/mol. The van der Waals surface area contributed by atoms with Gasteiger partial charge >= 0.3 is 5.97 Å². The molecule has 53 heavy (non-hydrogen) atoms. The second-order valence-electron chi connectivity index (χ2n) is 14.1. The Morgan fingerprint density at radius 3 is 2.19 bits per heavy atom. The van der Waals surface area contributed by atoms with Crippen LogP contribution < -0.4 is 10.6 Å². The highest BCUT2D eigenvalue weighted by molar-refractivity contribution is 6.36. The van der Waals surface area contributed by atoms with Crippen molar-refractivity contribution in [3.63, 3.8) is 0 Å². The summed E-state index contributed by atoms with van der Waals surface area (Å²) in [7, 11) is 5.93. The number of carboxylic acid groups (broad SMARTS) is 1. The number of hydrogen-bond acceptors (Lipinski definition) is 8. The van der Waals surface area contributed by atoms with E-state index in [9.17, 15) is 14.9 Å². The Labute approximate surface area is 316 Å². The third kappa shape index (κ3) is 8.03. The first-order valence-corrected chi connectivity index (χ1v) is 18.7. The molecule has 1 aliphatic carbocycles. The van der Waals surface area contributed by atoms with Crippen LogP contribution >= 0.6 is 11.6 Å². The lowest BCUT2D eigenvalue weighted by Crippen LogP contribution is -2.30. The van der Waals surface area contributed by atoms with Gasteiger partial charge in [-0.2, -0.15) is 5.26 Å². The maximum atomic E-state index is 13.4. The third-order valence-corrected chi connectivity index (χ3v) is 11.1. The summed E-state index contributed by atoms with van der Waals surface area (Å²) in [6, 6.07) is 13.3. The number of aromatic nitrogens is 4. The van der Waals surface area contributed by atoms with Crippen molar-refractivity contribution in [3.05, 3.63) is 88.0 Å². The molecule has 0 radical (unpaired) electrons. The summed E-state index contributed by atoms with van der Waals surface area (Å²) in [6.45, 7) is 10.9. The number of nitrogens with one attached hydrogen (secondary N) is 2. The van der Waals surface area contributed by atoms with Crippen LogP contribution in [0.1, 0.15) is 83.8 Å². The van der Waals surface area contributed by atoms with Gasteiger partial charge in [0, 0.05) is 75.6 Å². The molecule has 13 heteroatoms. The number of rotatable bonds is 8. The van der Waals surface area contributed by atoms with E-state index in [-0.39, 0.29) is 11.8 Å². The van der Waals surface area contributed by atoms with Crippen molar-refractivity contribution in [1.82, 2.24) is 28.9 Å². The molecule has 278 valence electrons. The number of carbonyl (C=O) groups is 2. The number of benzene rings is 2. The zero-order chi connectivity index (χ0) is 37.8. The number of halogens is 1. The summed E-state index contributed by atoms with van der Waals surface area (Å²) >= 11 is 6.91. The third-order valence-electron chi connectivity index (χ3n) is 10.7. The maximum Gasteiger partial charge on any atom is 0.306 e. The molecule has 4 heterocycles. The number of hydrogen-bond donors (Lipinski definition) is 3. The Kier molecular flexibility index (Phi) is 11.7. The van der Waals surface area contributed by atoms with Gasteiger partial charge in [0.25, 0.3) is 5.91 Å². The molecular formula is C40H48ClN9O3. The number of aliphatic carboxylic acids is 1. The van der Waals surface area contributed by atoms with Crippen molar-refractivity contribution in [2.75, 3.05) is 37.3 Å². The zero-order valence-electron chi connectivity index (χ0n) is 31.0. The van der Waals surface area contributed by atoms with Gasteiger partial charge < -0.3 is 29.8 Å². The molecule has 3 N–H and O–H groups in total. The van der Waals surface area contributed by atoms with E-state index in [1.165, 1.54) is 12.1 Å². The van der Waals surface area contributed by atoms with Crippen molar-refractivity contribution >= 4 is 40.5 Å². The van der Waals surface area contributed by atoms with Crippen LogP contribution in [0.5, 0.6) is 0 Å². The van der Waals surface area contributed by atoms with E-state index in [1.807, 2.05) is 56.0 Å². The first kappa shape index (κ1) is 37.8. The van der Waals surface area contributed by atoms with Gasteiger partial charge in [0.2, 0.25) is 0 Å². The van der Waals surface area contributed by atoms with E-state index < -0.39 is 5.97 Å². The van der Waals surface area contributed by atoms with Crippen molar-refractivity contribution < 1.29 is 14.7 Å². The second kappa shape index (κ2) is 16.4. The monoisotopic (exact) mass is 737 g/mol. The lowest BCUT2D eigenvalue weighted by Gasteiger charge is -2.24. The Balaban J connectivity index is 0.000000468. The Hall–Kier alpha value is -4.96. The lowest BCUT2D eigenvalue weighted by molar-refractivity contribution is -0.142. The van der Waals surface area contributed by atoms with Gasteiger partial charge in [-0.25, -0.2) is 9.97 Å². The molecule has 4 aromatic rings. The molecule has 2 aliphatic heterocycles. The molecule has 1 saturated carbocycles. The summed E-state index contributed by atoms with van der Waals surface area (Å²) in [4.78, 5) is 37.8. The van der Waals surface area contributed by atoms with Crippen LogP contribution in [-0.4, -0.2) is 72.6 Å². The van der Waals surface area contributed by atoms with Crippen LogP contribution in [0.15, 0.2) is 43.0 Å². The summed E-state index contributed by atoms with van der Waals surface area (Å²) in [5, 5.41) is 25.5. The predicted octanol–water partition coefficient (Wildman–Crippen LogP) is 6.70. The minimum atomic E-state index is -0.602. The number of carboxylic acids is 1. The molecule has 1 amide bonds. The molecule has 2 aromatic carbocycles. The molecule has 2 aromatic heterocycles. The van der Waals surface area contributed by atoms with Crippen LogP contribution in [0, 0.1) is 17.2 Å². The van der Waals surface area contributed by atoms with Crippen molar-refractivity contribution in [3.8, 4) is 17.2 Å². The molecule has 0 atom stereocenters. The number of imidazole rings is 2.